The third-order valence-corrected chi connectivity index (χ3v) is 7.85. The van der Waals surface area contributed by atoms with Crippen LogP contribution in [-0.2, 0) is 0 Å². The van der Waals surface area contributed by atoms with Gasteiger partial charge in [-0.25, -0.2) is 15.0 Å². The van der Waals surface area contributed by atoms with Gasteiger partial charge in [0.1, 0.15) is 5.52 Å². The normalized spacial score (nSPS) is 11.3. The molecule has 0 amide bonds. The predicted octanol–water partition coefficient (Wildman–Crippen LogP) is 10.1. The molecule has 0 unspecified atom stereocenters. The Morgan fingerprint density at radius 2 is 1.14 bits per heavy atom. The van der Waals surface area contributed by atoms with Gasteiger partial charge in [-0.1, -0.05) is 121 Å². The van der Waals surface area contributed by atoms with Crippen LogP contribution in [0.2, 0.25) is 0 Å². The Labute approximate surface area is 249 Å². The first-order valence-electron chi connectivity index (χ1n) is 14.3. The molecule has 0 atom stereocenters. The van der Waals surface area contributed by atoms with E-state index < -0.39 is 0 Å². The van der Waals surface area contributed by atoms with Gasteiger partial charge in [0.25, 0.3) is 0 Å². The lowest BCUT2D eigenvalue weighted by molar-refractivity contribution is 0.602. The highest BCUT2D eigenvalue weighted by Crippen LogP contribution is 2.40. The zero-order chi connectivity index (χ0) is 28.6. The first-order valence-corrected chi connectivity index (χ1v) is 14.3. The molecule has 0 fully saturated rings. The molecular weight excluding hydrogens is 526 g/mol. The zero-order valence-corrected chi connectivity index (χ0v) is 23.2. The first-order chi connectivity index (χ1) is 21.3. The van der Waals surface area contributed by atoms with E-state index in [4.69, 9.17) is 14.4 Å². The number of fused-ring (bicyclic) bond motifs is 2. The molecule has 0 bridgehead atoms. The molecule has 0 radical (unpaired) electrons. The Morgan fingerprint density at radius 3 is 1.91 bits per heavy atom. The molecule has 0 saturated heterocycles. The monoisotopic (exact) mass is 551 g/mol. The lowest BCUT2D eigenvalue weighted by atomic mass is 9.89. The van der Waals surface area contributed by atoms with Crippen molar-refractivity contribution in [2.75, 3.05) is 0 Å². The van der Waals surface area contributed by atoms with Gasteiger partial charge in [0, 0.05) is 16.7 Å². The maximum Gasteiger partial charge on any atom is 0.181 e. The molecule has 0 aliphatic heterocycles. The van der Waals surface area contributed by atoms with E-state index in [9.17, 15) is 0 Å². The summed E-state index contributed by atoms with van der Waals surface area (Å²) in [5.41, 5.74) is 10.9. The van der Waals surface area contributed by atoms with Gasteiger partial charge in [0.15, 0.2) is 17.8 Å². The Balaban J connectivity index is 1.33. The average Bonchev–Trinajstić information content (AvgIpc) is 3.57. The van der Waals surface area contributed by atoms with Gasteiger partial charge in [-0.3, -0.25) is 0 Å². The van der Waals surface area contributed by atoms with Crippen molar-refractivity contribution >= 4 is 21.9 Å². The molecule has 0 spiro atoms. The summed E-state index contributed by atoms with van der Waals surface area (Å²) in [5, 5.41) is 2.36. The van der Waals surface area contributed by atoms with Crippen LogP contribution >= 0.6 is 0 Å². The molecule has 2 aromatic heterocycles. The van der Waals surface area contributed by atoms with E-state index in [2.05, 4.69) is 108 Å². The Hall–Kier alpha value is -5.87. The molecule has 6 aromatic carbocycles. The minimum absolute atomic E-state index is 0.687. The highest BCUT2D eigenvalue weighted by atomic mass is 16.3. The Morgan fingerprint density at radius 1 is 0.465 bits per heavy atom. The molecule has 0 saturated carbocycles. The van der Waals surface area contributed by atoms with Crippen molar-refractivity contribution in [1.82, 2.24) is 15.0 Å². The Kier molecular flexibility index (Phi) is 6.08. The van der Waals surface area contributed by atoms with Crippen molar-refractivity contribution in [3.8, 4) is 56.2 Å². The highest BCUT2D eigenvalue weighted by molar-refractivity contribution is 6.05. The van der Waals surface area contributed by atoms with Gasteiger partial charge >= 0.3 is 0 Å². The summed E-state index contributed by atoms with van der Waals surface area (Å²) in [6.07, 6.45) is 1.49. The van der Waals surface area contributed by atoms with Crippen LogP contribution in [-0.4, -0.2) is 15.0 Å². The average molecular weight is 552 g/mol. The summed E-state index contributed by atoms with van der Waals surface area (Å²) in [5.74, 6) is 0.687. The van der Waals surface area contributed by atoms with Crippen LogP contribution in [0.25, 0.3) is 78.0 Å². The number of benzene rings is 6. The largest absolute Gasteiger partial charge is 0.443 e. The van der Waals surface area contributed by atoms with Crippen LogP contribution in [0.1, 0.15) is 0 Å². The molecule has 4 nitrogen and oxygen atoms in total. The van der Waals surface area contributed by atoms with Crippen LogP contribution in [0.3, 0.4) is 0 Å². The zero-order valence-electron chi connectivity index (χ0n) is 23.2. The molecular formula is C39H25N3O. The number of hydrogen-bond acceptors (Lipinski definition) is 4. The smallest absolute Gasteiger partial charge is 0.181 e. The fraction of sp³-hybridized carbons (Fsp3) is 0. The number of aromatic nitrogens is 3. The second-order valence-corrected chi connectivity index (χ2v) is 10.5. The van der Waals surface area contributed by atoms with E-state index in [1.807, 2.05) is 42.5 Å². The van der Waals surface area contributed by atoms with Crippen LogP contribution in [0.5, 0.6) is 0 Å². The van der Waals surface area contributed by atoms with E-state index in [1.165, 1.54) is 17.2 Å². The predicted molar refractivity (Wildman–Crippen MR) is 174 cm³/mol. The minimum Gasteiger partial charge on any atom is -0.443 e. The van der Waals surface area contributed by atoms with Gasteiger partial charge in [-0.2, -0.15) is 0 Å². The van der Waals surface area contributed by atoms with Crippen molar-refractivity contribution in [1.29, 1.82) is 0 Å². The van der Waals surface area contributed by atoms with Gasteiger partial charge in [0.2, 0.25) is 0 Å². The topological polar surface area (TPSA) is 51.8 Å². The molecule has 2 heterocycles. The molecule has 4 heteroatoms. The summed E-state index contributed by atoms with van der Waals surface area (Å²) in [7, 11) is 0. The third-order valence-electron chi connectivity index (χ3n) is 7.85. The third kappa shape index (κ3) is 4.65. The fourth-order valence-electron chi connectivity index (χ4n) is 5.75. The maximum atomic E-state index is 5.66. The van der Waals surface area contributed by atoms with Crippen molar-refractivity contribution in [3.05, 3.63) is 152 Å². The molecule has 0 N–H and O–H groups in total. The van der Waals surface area contributed by atoms with E-state index in [-0.39, 0.29) is 0 Å². The van der Waals surface area contributed by atoms with Gasteiger partial charge in [0.05, 0.1) is 11.4 Å². The highest BCUT2D eigenvalue weighted by Gasteiger charge is 2.16. The van der Waals surface area contributed by atoms with Crippen LogP contribution in [0.4, 0.5) is 0 Å². The fourth-order valence-corrected chi connectivity index (χ4v) is 5.75. The van der Waals surface area contributed by atoms with Gasteiger partial charge in [-0.05, 0) is 57.3 Å². The molecule has 202 valence electrons. The second kappa shape index (κ2) is 10.5. The SMILES string of the molecule is c1ccc(-c2cc(-c3ccccc3)nc(-c3cccc(-c4c(-c5ccc6ncoc6c5)ccc5ccccc45)c3)n2)cc1. The molecule has 8 aromatic rings. The van der Waals surface area contributed by atoms with E-state index in [0.29, 0.717) is 5.82 Å². The summed E-state index contributed by atoms with van der Waals surface area (Å²) < 4.78 is 5.66. The second-order valence-electron chi connectivity index (χ2n) is 10.5. The number of rotatable bonds is 5. The number of nitrogens with zero attached hydrogens (tertiary/aromatic N) is 3. The van der Waals surface area contributed by atoms with E-state index >= 15 is 0 Å². The minimum atomic E-state index is 0.687. The molecule has 43 heavy (non-hydrogen) atoms. The summed E-state index contributed by atoms with van der Waals surface area (Å²) in [6.45, 7) is 0. The number of hydrogen-bond donors (Lipinski definition) is 0. The lowest BCUT2D eigenvalue weighted by Gasteiger charge is -2.15. The van der Waals surface area contributed by atoms with Gasteiger partial charge in [-0.15, -0.1) is 0 Å². The van der Waals surface area contributed by atoms with E-state index in [0.717, 1.165) is 61.4 Å². The van der Waals surface area contributed by atoms with E-state index in [1.54, 1.807) is 0 Å². The summed E-state index contributed by atoms with van der Waals surface area (Å²) >= 11 is 0. The standard InChI is InChI=1S/C39H25N3O/c1-3-11-27(12-4-1)35-24-36(28-13-5-2-6-14-28)42-39(41-35)31-16-9-15-30(22-31)38-32-17-8-7-10-26(32)18-20-33(38)29-19-21-34-37(23-29)43-25-40-34/h1-25H. The lowest BCUT2D eigenvalue weighted by Crippen LogP contribution is -1.96. The quantitative estimate of drug-likeness (QED) is 0.214. The van der Waals surface area contributed by atoms with Crippen LogP contribution in [0.15, 0.2) is 156 Å². The van der Waals surface area contributed by atoms with Gasteiger partial charge < -0.3 is 4.42 Å². The first kappa shape index (κ1) is 24.9. The van der Waals surface area contributed by atoms with Crippen LogP contribution < -0.4 is 0 Å². The Bertz CT molecular complexity index is 2180. The maximum absolute atomic E-state index is 5.66. The molecule has 8 rings (SSSR count). The van der Waals surface area contributed by atoms with Crippen molar-refractivity contribution in [2.24, 2.45) is 0 Å². The van der Waals surface area contributed by atoms with Crippen molar-refractivity contribution < 1.29 is 4.42 Å². The van der Waals surface area contributed by atoms with Crippen molar-refractivity contribution in [2.45, 2.75) is 0 Å². The molecule has 0 aliphatic carbocycles. The summed E-state index contributed by atoms with van der Waals surface area (Å²) in [6, 6.07) is 50.3. The molecule has 0 aliphatic rings. The number of oxazole rings is 1. The van der Waals surface area contributed by atoms with Crippen LogP contribution in [0, 0.1) is 0 Å². The van der Waals surface area contributed by atoms with Crippen molar-refractivity contribution in [3.63, 3.8) is 0 Å². The summed E-state index contributed by atoms with van der Waals surface area (Å²) in [4.78, 5) is 14.5.